The maximum atomic E-state index is 5.21. The average Bonchev–Trinajstić information content (AvgIpc) is 3.21. The molecule has 0 N–H and O–H groups in total. The Morgan fingerprint density at radius 3 is 3.00 bits per heavy atom. The first kappa shape index (κ1) is 13.5. The van der Waals surface area contributed by atoms with E-state index >= 15 is 0 Å². The summed E-state index contributed by atoms with van der Waals surface area (Å²) in [5.74, 6) is 1.32. The van der Waals surface area contributed by atoms with Gasteiger partial charge in [-0.1, -0.05) is 12.1 Å². The largest absolute Gasteiger partial charge is 0.481 e. The van der Waals surface area contributed by atoms with Gasteiger partial charge in [0.05, 0.1) is 23.4 Å². The molecule has 22 heavy (non-hydrogen) atoms. The fraction of sp³-hybridized carbons (Fsp3) is 0.312. The van der Waals surface area contributed by atoms with Crippen LogP contribution in [-0.2, 0) is 0 Å². The molecule has 0 saturated carbocycles. The van der Waals surface area contributed by atoms with E-state index in [9.17, 15) is 0 Å². The molecule has 1 aromatic carbocycles. The third-order valence-corrected chi connectivity index (χ3v) is 5.07. The van der Waals surface area contributed by atoms with Crippen LogP contribution in [0.25, 0.3) is 10.2 Å². The predicted octanol–water partition coefficient (Wildman–Crippen LogP) is 3.44. The van der Waals surface area contributed by atoms with E-state index in [1.165, 1.54) is 4.70 Å². The molecule has 0 amide bonds. The molecule has 1 aliphatic heterocycles. The third-order valence-electron chi connectivity index (χ3n) is 3.93. The van der Waals surface area contributed by atoms with Crippen LogP contribution in [0.1, 0.15) is 23.9 Å². The summed E-state index contributed by atoms with van der Waals surface area (Å²) in [5.41, 5.74) is 1.07. The molecule has 112 valence electrons. The summed E-state index contributed by atoms with van der Waals surface area (Å²) >= 11 is 1.76. The molecular weight excluding hydrogens is 296 g/mol. The van der Waals surface area contributed by atoms with Crippen LogP contribution in [0.15, 0.2) is 36.5 Å². The summed E-state index contributed by atoms with van der Waals surface area (Å²) in [7, 11) is 1.63. The van der Waals surface area contributed by atoms with Crippen molar-refractivity contribution in [1.29, 1.82) is 0 Å². The number of para-hydroxylation sites is 1. The average molecular weight is 312 g/mol. The molecule has 1 unspecified atom stereocenters. The highest BCUT2D eigenvalue weighted by Crippen LogP contribution is 2.38. The summed E-state index contributed by atoms with van der Waals surface area (Å²) < 4.78 is 6.44. The van der Waals surface area contributed by atoms with Crippen LogP contribution < -0.4 is 9.64 Å². The first-order valence-corrected chi connectivity index (χ1v) is 8.16. The van der Waals surface area contributed by atoms with Crippen molar-refractivity contribution in [2.24, 2.45) is 0 Å². The molecule has 0 spiro atoms. The SMILES string of the molecule is COc1ccnc(N2CCCC2c2nc3ccccc3s2)n1. The van der Waals surface area contributed by atoms with Gasteiger partial charge in [-0.15, -0.1) is 11.3 Å². The van der Waals surface area contributed by atoms with E-state index in [4.69, 9.17) is 9.72 Å². The standard InChI is InChI=1S/C16H16N4OS/c1-21-14-8-9-17-16(19-14)20-10-4-6-12(20)15-18-11-5-2-3-7-13(11)22-15/h2-3,5,7-9,12H,4,6,10H2,1H3. The second-order valence-electron chi connectivity index (χ2n) is 5.27. The third kappa shape index (κ3) is 2.29. The monoisotopic (exact) mass is 312 g/mol. The van der Waals surface area contributed by atoms with Crippen molar-refractivity contribution < 1.29 is 4.74 Å². The lowest BCUT2D eigenvalue weighted by Gasteiger charge is -2.22. The number of hydrogen-bond donors (Lipinski definition) is 0. The second-order valence-corrected chi connectivity index (χ2v) is 6.33. The van der Waals surface area contributed by atoms with Gasteiger partial charge in [-0.3, -0.25) is 0 Å². The highest BCUT2D eigenvalue weighted by molar-refractivity contribution is 7.18. The number of methoxy groups -OCH3 is 1. The minimum atomic E-state index is 0.254. The van der Waals surface area contributed by atoms with Crippen molar-refractivity contribution in [3.63, 3.8) is 0 Å². The van der Waals surface area contributed by atoms with Crippen molar-refractivity contribution in [2.75, 3.05) is 18.6 Å². The molecule has 1 atom stereocenters. The van der Waals surface area contributed by atoms with Gasteiger partial charge in [0.2, 0.25) is 11.8 Å². The minimum absolute atomic E-state index is 0.254. The van der Waals surface area contributed by atoms with Crippen molar-refractivity contribution in [3.05, 3.63) is 41.5 Å². The molecule has 0 bridgehead atoms. The number of nitrogens with zero attached hydrogens (tertiary/aromatic N) is 4. The number of ether oxygens (including phenoxy) is 1. The zero-order chi connectivity index (χ0) is 14.9. The van der Waals surface area contributed by atoms with E-state index in [0.717, 1.165) is 35.9 Å². The molecule has 0 radical (unpaired) electrons. The molecule has 5 nitrogen and oxygen atoms in total. The predicted molar refractivity (Wildman–Crippen MR) is 87.5 cm³/mol. The van der Waals surface area contributed by atoms with E-state index in [1.54, 1.807) is 30.7 Å². The van der Waals surface area contributed by atoms with Crippen LogP contribution in [0.4, 0.5) is 5.95 Å². The number of thiazole rings is 1. The Morgan fingerprint density at radius 1 is 1.23 bits per heavy atom. The van der Waals surface area contributed by atoms with Gasteiger partial charge in [0.25, 0.3) is 0 Å². The molecule has 1 fully saturated rings. The normalized spacial score (nSPS) is 18.0. The second kappa shape index (κ2) is 5.53. The van der Waals surface area contributed by atoms with Crippen LogP contribution in [0.2, 0.25) is 0 Å². The Morgan fingerprint density at radius 2 is 2.14 bits per heavy atom. The number of anilines is 1. The topological polar surface area (TPSA) is 51.1 Å². The van der Waals surface area contributed by atoms with E-state index in [0.29, 0.717) is 5.88 Å². The van der Waals surface area contributed by atoms with Gasteiger partial charge in [0.1, 0.15) is 5.01 Å². The zero-order valence-electron chi connectivity index (χ0n) is 12.3. The van der Waals surface area contributed by atoms with Gasteiger partial charge < -0.3 is 9.64 Å². The Bertz CT molecular complexity index is 770. The summed E-state index contributed by atoms with van der Waals surface area (Å²) in [5, 5.41) is 1.14. The zero-order valence-corrected chi connectivity index (χ0v) is 13.1. The number of fused-ring (bicyclic) bond motifs is 1. The van der Waals surface area contributed by atoms with Gasteiger partial charge in [-0.25, -0.2) is 9.97 Å². The van der Waals surface area contributed by atoms with Crippen LogP contribution >= 0.6 is 11.3 Å². The first-order chi connectivity index (χ1) is 10.8. The van der Waals surface area contributed by atoms with Gasteiger partial charge in [0, 0.05) is 18.8 Å². The molecule has 3 heterocycles. The van der Waals surface area contributed by atoms with E-state index in [1.807, 2.05) is 6.07 Å². The smallest absolute Gasteiger partial charge is 0.229 e. The Kier molecular flexibility index (Phi) is 3.38. The Balaban J connectivity index is 1.70. The maximum absolute atomic E-state index is 5.21. The highest BCUT2D eigenvalue weighted by atomic mass is 32.1. The van der Waals surface area contributed by atoms with Crippen LogP contribution in [0.3, 0.4) is 0 Å². The van der Waals surface area contributed by atoms with Crippen LogP contribution in [-0.4, -0.2) is 28.6 Å². The van der Waals surface area contributed by atoms with Crippen molar-refractivity contribution in [1.82, 2.24) is 15.0 Å². The van der Waals surface area contributed by atoms with Gasteiger partial charge in [0.15, 0.2) is 0 Å². The summed E-state index contributed by atoms with van der Waals surface area (Å²) in [6.07, 6.45) is 3.95. The van der Waals surface area contributed by atoms with Crippen LogP contribution in [0.5, 0.6) is 5.88 Å². The number of benzene rings is 1. The Labute approximate surface area is 132 Å². The van der Waals surface area contributed by atoms with E-state index in [-0.39, 0.29) is 6.04 Å². The summed E-state index contributed by atoms with van der Waals surface area (Å²) in [6, 6.07) is 10.3. The quantitative estimate of drug-likeness (QED) is 0.741. The molecule has 0 aliphatic carbocycles. The number of aromatic nitrogens is 3. The fourth-order valence-corrected chi connectivity index (χ4v) is 4.00. The molecular formula is C16H16N4OS. The van der Waals surface area contributed by atoms with Crippen molar-refractivity contribution in [2.45, 2.75) is 18.9 Å². The van der Waals surface area contributed by atoms with Gasteiger partial charge in [-0.05, 0) is 25.0 Å². The lowest BCUT2D eigenvalue weighted by atomic mass is 10.2. The molecule has 1 saturated heterocycles. The lowest BCUT2D eigenvalue weighted by molar-refractivity contribution is 0.396. The molecule has 3 aromatic rings. The van der Waals surface area contributed by atoms with Crippen LogP contribution in [0, 0.1) is 0 Å². The maximum Gasteiger partial charge on any atom is 0.229 e. The van der Waals surface area contributed by atoms with E-state index < -0.39 is 0 Å². The number of rotatable bonds is 3. The summed E-state index contributed by atoms with van der Waals surface area (Å²) in [4.78, 5) is 15.9. The lowest BCUT2D eigenvalue weighted by Crippen LogP contribution is -2.24. The number of hydrogen-bond acceptors (Lipinski definition) is 6. The first-order valence-electron chi connectivity index (χ1n) is 7.34. The molecule has 2 aromatic heterocycles. The van der Waals surface area contributed by atoms with Gasteiger partial charge in [-0.2, -0.15) is 4.98 Å². The minimum Gasteiger partial charge on any atom is -0.481 e. The molecule has 4 rings (SSSR count). The van der Waals surface area contributed by atoms with Crippen molar-refractivity contribution >= 4 is 27.5 Å². The molecule has 1 aliphatic rings. The fourth-order valence-electron chi connectivity index (χ4n) is 2.88. The van der Waals surface area contributed by atoms with E-state index in [2.05, 4.69) is 33.1 Å². The highest BCUT2D eigenvalue weighted by Gasteiger charge is 2.30. The summed E-state index contributed by atoms with van der Waals surface area (Å²) in [6.45, 7) is 0.952. The molecule has 6 heteroatoms. The Hall–Kier alpha value is -2.21. The van der Waals surface area contributed by atoms with Gasteiger partial charge >= 0.3 is 0 Å². The van der Waals surface area contributed by atoms with Crippen molar-refractivity contribution in [3.8, 4) is 5.88 Å².